The Balaban J connectivity index is 0.00000137. The number of hydrogen-bond acceptors (Lipinski definition) is 0. The van der Waals surface area contributed by atoms with E-state index in [4.69, 9.17) is 0 Å². The molecule has 1 heterocycles. The van der Waals surface area contributed by atoms with Crippen molar-refractivity contribution in [3.63, 3.8) is 0 Å². The third-order valence-electron chi connectivity index (χ3n) is 2.74. The molecule has 0 fully saturated rings. The minimum atomic E-state index is 1.15. The summed E-state index contributed by atoms with van der Waals surface area (Å²) in [5.74, 6) is 0. The van der Waals surface area contributed by atoms with Crippen LogP contribution in [0.1, 0.15) is 50.4 Å². The largest absolute Gasteiger partial charge is 0.364 e. The van der Waals surface area contributed by atoms with Crippen LogP contribution in [0.4, 0.5) is 0 Å². The van der Waals surface area contributed by atoms with Crippen molar-refractivity contribution >= 4 is 13.4 Å². The first-order chi connectivity index (χ1) is 8.69. The fourth-order valence-corrected chi connectivity index (χ4v) is 1.67. The Labute approximate surface area is 114 Å². The standard InChI is InChI=1S/C14H21BN.C2H6/c1-5-6-7-8-13(15-4)9-14-11(2)10-16-12(14)3;1-2/h7-10,16H,5-6H2,1-4H3;1-2H3/b8-7+,13-9+;. The lowest BCUT2D eigenvalue weighted by molar-refractivity contribution is 0.958. The molecule has 0 unspecified atom stereocenters. The summed E-state index contributed by atoms with van der Waals surface area (Å²) in [6.07, 6.45) is 11.1. The molecule has 1 aromatic heterocycles. The number of aromatic amines is 1. The van der Waals surface area contributed by atoms with E-state index in [2.05, 4.69) is 64.3 Å². The molecular formula is C16H27BN. The monoisotopic (exact) mass is 244 g/mol. The van der Waals surface area contributed by atoms with E-state index in [9.17, 15) is 0 Å². The molecule has 0 atom stereocenters. The summed E-state index contributed by atoms with van der Waals surface area (Å²) in [4.78, 5) is 3.25. The maximum atomic E-state index is 3.25. The Morgan fingerprint density at radius 1 is 1.33 bits per heavy atom. The molecule has 1 radical (unpaired) electrons. The number of allylic oxidation sites excluding steroid dienone is 3. The van der Waals surface area contributed by atoms with Gasteiger partial charge in [-0.25, -0.2) is 0 Å². The Morgan fingerprint density at radius 2 is 2.00 bits per heavy atom. The molecule has 0 aliphatic heterocycles. The van der Waals surface area contributed by atoms with Gasteiger partial charge >= 0.3 is 0 Å². The minimum absolute atomic E-state index is 1.15. The Morgan fingerprint density at radius 3 is 2.44 bits per heavy atom. The zero-order valence-corrected chi connectivity index (χ0v) is 12.8. The molecular weight excluding hydrogens is 217 g/mol. The third-order valence-corrected chi connectivity index (χ3v) is 2.74. The summed E-state index contributed by atoms with van der Waals surface area (Å²) in [7, 11) is 2.15. The first-order valence-corrected chi connectivity index (χ1v) is 7.01. The number of unbranched alkanes of at least 4 members (excludes halogenated alkanes) is 1. The maximum Gasteiger partial charge on any atom is 0.148 e. The van der Waals surface area contributed by atoms with E-state index in [0.717, 1.165) is 6.42 Å². The number of nitrogens with one attached hydrogen (secondary N) is 1. The summed E-state index contributed by atoms with van der Waals surface area (Å²) in [5, 5.41) is 0. The van der Waals surface area contributed by atoms with Crippen LogP contribution in [0.2, 0.25) is 6.82 Å². The molecule has 1 nitrogen and oxygen atoms in total. The van der Waals surface area contributed by atoms with Gasteiger partial charge in [0.1, 0.15) is 7.28 Å². The second-order valence-electron chi connectivity index (χ2n) is 4.13. The highest BCUT2D eigenvalue weighted by atomic mass is 14.7. The molecule has 0 bridgehead atoms. The van der Waals surface area contributed by atoms with Gasteiger partial charge in [0.25, 0.3) is 0 Å². The van der Waals surface area contributed by atoms with Crippen LogP contribution in [0.5, 0.6) is 0 Å². The van der Waals surface area contributed by atoms with Gasteiger partial charge < -0.3 is 4.98 Å². The van der Waals surface area contributed by atoms with Crippen LogP contribution in [0.3, 0.4) is 0 Å². The minimum Gasteiger partial charge on any atom is -0.364 e. The van der Waals surface area contributed by atoms with E-state index in [-0.39, 0.29) is 0 Å². The van der Waals surface area contributed by atoms with E-state index >= 15 is 0 Å². The summed E-state index contributed by atoms with van der Waals surface area (Å²) in [6.45, 7) is 12.5. The quantitative estimate of drug-likeness (QED) is 0.547. The average molecular weight is 244 g/mol. The normalized spacial score (nSPS) is 11.3. The zero-order chi connectivity index (χ0) is 14.0. The van der Waals surface area contributed by atoms with Crippen molar-refractivity contribution in [2.75, 3.05) is 0 Å². The van der Waals surface area contributed by atoms with Crippen molar-refractivity contribution in [1.29, 1.82) is 0 Å². The van der Waals surface area contributed by atoms with Gasteiger partial charge in [0.15, 0.2) is 0 Å². The fraction of sp³-hybridized carbons (Fsp3) is 0.500. The molecule has 2 heteroatoms. The molecule has 18 heavy (non-hydrogen) atoms. The molecule has 0 aliphatic rings. The van der Waals surface area contributed by atoms with Crippen LogP contribution in [0.25, 0.3) is 6.08 Å². The summed E-state index contributed by atoms with van der Waals surface area (Å²) in [5.41, 5.74) is 5.13. The van der Waals surface area contributed by atoms with Crippen molar-refractivity contribution in [3.05, 3.63) is 40.6 Å². The number of H-pyrrole nitrogens is 1. The maximum absolute atomic E-state index is 3.25. The molecule has 1 aromatic rings. The highest BCUT2D eigenvalue weighted by Crippen LogP contribution is 2.16. The predicted octanol–water partition coefficient (Wildman–Crippen LogP) is 5.11. The van der Waals surface area contributed by atoms with Gasteiger partial charge in [-0.1, -0.05) is 57.7 Å². The Hall–Kier alpha value is -1.18. The van der Waals surface area contributed by atoms with Crippen LogP contribution in [0.15, 0.2) is 23.8 Å². The van der Waals surface area contributed by atoms with Gasteiger partial charge in [-0.05, 0) is 31.4 Å². The summed E-state index contributed by atoms with van der Waals surface area (Å²) < 4.78 is 0. The molecule has 0 aromatic carbocycles. The van der Waals surface area contributed by atoms with Gasteiger partial charge in [-0.2, -0.15) is 0 Å². The summed E-state index contributed by atoms with van der Waals surface area (Å²) in [6, 6.07) is 0. The number of hydrogen-bond donors (Lipinski definition) is 1. The van der Waals surface area contributed by atoms with Gasteiger partial charge in [-0.3, -0.25) is 0 Å². The van der Waals surface area contributed by atoms with E-state index in [0.29, 0.717) is 0 Å². The number of rotatable bonds is 5. The smallest absolute Gasteiger partial charge is 0.148 e. The predicted molar refractivity (Wildman–Crippen MR) is 85.3 cm³/mol. The number of aryl methyl sites for hydroxylation is 2. The average Bonchev–Trinajstić information content (AvgIpc) is 2.71. The van der Waals surface area contributed by atoms with Crippen LogP contribution >= 0.6 is 0 Å². The van der Waals surface area contributed by atoms with Crippen LogP contribution in [-0.2, 0) is 0 Å². The van der Waals surface area contributed by atoms with Crippen molar-refractivity contribution in [1.82, 2.24) is 4.98 Å². The molecule has 0 saturated heterocycles. The number of aromatic nitrogens is 1. The van der Waals surface area contributed by atoms with E-state index in [1.54, 1.807) is 0 Å². The first kappa shape index (κ1) is 16.8. The fourth-order valence-electron chi connectivity index (χ4n) is 1.67. The SMILES string of the molecule is CC.C[B]C(=C/c1c(C)c[nH]c1C)/C=C/CCC. The van der Waals surface area contributed by atoms with Crippen molar-refractivity contribution in [3.8, 4) is 0 Å². The van der Waals surface area contributed by atoms with Gasteiger partial charge in [0, 0.05) is 11.9 Å². The molecule has 1 N–H and O–H groups in total. The van der Waals surface area contributed by atoms with E-state index in [1.807, 2.05) is 13.8 Å². The zero-order valence-electron chi connectivity index (χ0n) is 12.8. The van der Waals surface area contributed by atoms with E-state index in [1.165, 1.54) is 28.7 Å². The highest BCUT2D eigenvalue weighted by molar-refractivity contribution is 6.46. The van der Waals surface area contributed by atoms with Gasteiger partial charge in [-0.15, -0.1) is 0 Å². The first-order valence-electron chi connectivity index (χ1n) is 7.01. The molecule has 0 spiro atoms. The molecule has 0 aliphatic carbocycles. The molecule has 99 valence electrons. The van der Waals surface area contributed by atoms with E-state index < -0.39 is 0 Å². The second kappa shape index (κ2) is 9.81. The van der Waals surface area contributed by atoms with Gasteiger partial charge in [0.05, 0.1) is 0 Å². The van der Waals surface area contributed by atoms with Gasteiger partial charge in [0.2, 0.25) is 0 Å². The third kappa shape index (κ3) is 5.44. The van der Waals surface area contributed by atoms with Crippen LogP contribution in [0, 0.1) is 13.8 Å². The molecule has 0 saturated carbocycles. The Kier molecular flexibility index (Phi) is 9.17. The highest BCUT2D eigenvalue weighted by Gasteiger charge is 2.01. The lowest BCUT2D eigenvalue weighted by atomic mass is 9.71. The molecule has 1 rings (SSSR count). The molecule has 0 amide bonds. The van der Waals surface area contributed by atoms with Crippen molar-refractivity contribution < 1.29 is 0 Å². The summed E-state index contributed by atoms with van der Waals surface area (Å²) >= 11 is 0. The topological polar surface area (TPSA) is 15.8 Å². The lowest BCUT2D eigenvalue weighted by Crippen LogP contribution is -1.88. The van der Waals surface area contributed by atoms with Crippen molar-refractivity contribution in [2.45, 2.75) is 54.3 Å². The van der Waals surface area contributed by atoms with Crippen LogP contribution < -0.4 is 0 Å². The Bertz CT molecular complexity index is 366. The lowest BCUT2D eigenvalue weighted by Gasteiger charge is -1.99. The second-order valence-corrected chi connectivity index (χ2v) is 4.13. The van der Waals surface area contributed by atoms with Crippen LogP contribution in [-0.4, -0.2) is 12.3 Å². The van der Waals surface area contributed by atoms with Crippen molar-refractivity contribution in [2.24, 2.45) is 0 Å².